The molecule has 1 saturated heterocycles. The lowest BCUT2D eigenvalue weighted by atomic mass is 10.1. The van der Waals surface area contributed by atoms with Gasteiger partial charge in [-0.1, -0.05) is 55.4 Å². The number of aryl methyl sites for hydroxylation is 1. The van der Waals surface area contributed by atoms with Crippen molar-refractivity contribution in [2.24, 2.45) is 10.2 Å². The summed E-state index contributed by atoms with van der Waals surface area (Å²) in [6.45, 7) is 4.72. The largest absolute Gasteiger partial charge is 0.284 e. The van der Waals surface area contributed by atoms with Crippen LogP contribution in [-0.2, 0) is 11.3 Å². The van der Waals surface area contributed by atoms with Crippen LogP contribution in [0.25, 0.3) is 0 Å². The minimum Gasteiger partial charge on any atom is -0.284 e. The zero-order valence-corrected chi connectivity index (χ0v) is 16.0. The van der Waals surface area contributed by atoms with Gasteiger partial charge >= 0.3 is 0 Å². The van der Waals surface area contributed by atoms with E-state index in [2.05, 4.69) is 36.2 Å². The second-order valence-corrected chi connectivity index (χ2v) is 8.04. The van der Waals surface area contributed by atoms with E-state index in [4.69, 9.17) is 0 Å². The van der Waals surface area contributed by atoms with Gasteiger partial charge in [0.2, 0.25) is 5.91 Å². The van der Waals surface area contributed by atoms with Crippen molar-refractivity contribution in [3.8, 4) is 0 Å². The van der Waals surface area contributed by atoms with E-state index >= 15 is 0 Å². The van der Waals surface area contributed by atoms with Crippen LogP contribution in [0.1, 0.15) is 35.8 Å². The SMILES string of the molecule is CCCC1S/C(=N/N=C/c2cccs2)N(Cc2ccccc2C)C1=O. The molecule has 6 heteroatoms. The number of amides is 1. The molecule has 0 radical (unpaired) electrons. The smallest absolute Gasteiger partial charge is 0.242 e. The Morgan fingerprint density at radius 2 is 2.08 bits per heavy atom. The van der Waals surface area contributed by atoms with Gasteiger partial charge in [-0.2, -0.15) is 5.10 Å². The van der Waals surface area contributed by atoms with E-state index in [-0.39, 0.29) is 11.2 Å². The Hall–Kier alpha value is -1.92. The fourth-order valence-electron chi connectivity index (χ4n) is 2.63. The molecule has 1 fully saturated rings. The highest BCUT2D eigenvalue weighted by molar-refractivity contribution is 8.15. The third kappa shape index (κ3) is 4.38. The first-order chi connectivity index (χ1) is 12.2. The minimum absolute atomic E-state index is 0.0512. The molecule has 1 aliphatic rings. The molecule has 25 heavy (non-hydrogen) atoms. The van der Waals surface area contributed by atoms with Gasteiger partial charge in [0, 0.05) is 4.88 Å². The topological polar surface area (TPSA) is 45.0 Å². The first kappa shape index (κ1) is 17.9. The van der Waals surface area contributed by atoms with Gasteiger partial charge in [-0.3, -0.25) is 9.69 Å². The lowest BCUT2D eigenvalue weighted by Crippen LogP contribution is -2.31. The lowest BCUT2D eigenvalue weighted by molar-refractivity contribution is -0.126. The highest BCUT2D eigenvalue weighted by Gasteiger charge is 2.37. The number of carbonyl (C=O) groups is 1. The number of thiophene rings is 1. The van der Waals surface area contributed by atoms with E-state index in [1.54, 1.807) is 22.5 Å². The van der Waals surface area contributed by atoms with E-state index in [0.29, 0.717) is 11.7 Å². The number of thioether (sulfide) groups is 1. The van der Waals surface area contributed by atoms with Gasteiger partial charge in [-0.25, -0.2) is 0 Å². The Balaban J connectivity index is 1.82. The molecule has 0 spiro atoms. The second-order valence-electron chi connectivity index (χ2n) is 5.89. The van der Waals surface area contributed by atoms with Crippen LogP contribution in [-0.4, -0.2) is 27.4 Å². The monoisotopic (exact) mass is 371 g/mol. The fraction of sp³-hybridized carbons (Fsp3) is 0.316. The van der Waals surface area contributed by atoms with Crippen LogP contribution in [0.15, 0.2) is 52.0 Å². The number of hydrogen-bond donors (Lipinski definition) is 0. The Kier molecular flexibility index (Phi) is 6.04. The van der Waals surface area contributed by atoms with Crippen molar-refractivity contribution in [1.82, 2.24) is 4.90 Å². The van der Waals surface area contributed by atoms with Gasteiger partial charge in [-0.15, -0.1) is 16.4 Å². The number of rotatable bonds is 6. The van der Waals surface area contributed by atoms with Crippen LogP contribution in [0.4, 0.5) is 0 Å². The third-order valence-electron chi connectivity index (χ3n) is 4.03. The normalized spacial score (nSPS) is 19.4. The van der Waals surface area contributed by atoms with Crippen molar-refractivity contribution in [3.05, 3.63) is 57.8 Å². The summed E-state index contributed by atoms with van der Waals surface area (Å²) in [7, 11) is 0. The first-order valence-corrected chi connectivity index (χ1v) is 10.1. The molecular weight excluding hydrogens is 350 g/mol. The predicted molar refractivity (Wildman–Crippen MR) is 107 cm³/mol. The predicted octanol–water partition coefficient (Wildman–Crippen LogP) is 4.69. The summed E-state index contributed by atoms with van der Waals surface area (Å²) < 4.78 is 0. The molecule has 0 bridgehead atoms. The molecule has 3 rings (SSSR count). The Morgan fingerprint density at radius 1 is 1.24 bits per heavy atom. The molecule has 1 atom stereocenters. The summed E-state index contributed by atoms with van der Waals surface area (Å²) in [6, 6.07) is 12.1. The highest BCUT2D eigenvalue weighted by atomic mass is 32.2. The van der Waals surface area contributed by atoms with E-state index in [1.807, 2.05) is 29.6 Å². The molecule has 1 amide bonds. The minimum atomic E-state index is -0.0512. The Morgan fingerprint density at radius 3 is 2.80 bits per heavy atom. The molecule has 0 aliphatic carbocycles. The molecular formula is C19H21N3OS2. The van der Waals surface area contributed by atoms with Gasteiger partial charge in [0.1, 0.15) is 0 Å². The molecule has 0 N–H and O–H groups in total. The Labute approximate surface area is 156 Å². The van der Waals surface area contributed by atoms with Crippen LogP contribution in [0.2, 0.25) is 0 Å². The first-order valence-electron chi connectivity index (χ1n) is 8.36. The summed E-state index contributed by atoms with van der Waals surface area (Å²) in [5, 5.41) is 11.2. The number of nitrogens with zero attached hydrogens (tertiary/aromatic N) is 3. The van der Waals surface area contributed by atoms with E-state index < -0.39 is 0 Å². The molecule has 0 saturated carbocycles. The number of carbonyl (C=O) groups excluding carboxylic acids is 1. The standard InChI is InChI=1S/C19H21N3OS2/c1-3-7-17-18(23)22(13-15-9-5-4-8-14(15)2)19(25-17)21-20-12-16-10-6-11-24-16/h4-6,8-12,17H,3,7,13H2,1-2H3/b20-12+,21-19+. The molecule has 1 unspecified atom stereocenters. The van der Waals surface area contributed by atoms with Gasteiger partial charge in [0.25, 0.3) is 0 Å². The molecule has 1 aliphatic heterocycles. The highest BCUT2D eigenvalue weighted by Crippen LogP contribution is 2.32. The average molecular weight is 372 g/mol. The lowest BCUT2D eigenvalue weighted by Gasteiger charge is -2.17. The third-order valence-corrected chi connectivity index (χ3v) is 6.07. The maximum absolute atomic E-state index is 12.8. The molecule has 130 valence electrons. The summed E-state index contributed by atoms with van der Waals surface area (Å²) in [6.07, 6.45) is 3.58. The molecule has 2 aromatic rings. The van der Waals surface area contributed by atoms with E-state index in [9.17, 15) is 4.79 Å². The van der Waals surface area contributed by atoms with Gasteiger partial charge in [-0.05, 0) is 35.9 Å². The molecule has 1 aromatic carbocycles. The summed E-state index contributed by atoms with van der Waals surface area (Å²) in [5.41, 5.74) is 2.32. The maximum atomic E-state index is 12.8. The van der Waals surface area contributed by atoms with Gasteiger partial charge < -0.3 is 0 Å². The second kappa shape index (κ2) is 8.45. The fourth-order valence-corrected chi connectivity index (χ4v) is 4.43. The molecule has 2 heterocycles. The number of amidine groups is 1. The zero-order valence-electron chi connectivity index (χ0n) is 14.4. The average Bonchev–Trinajstić information content (AvgIpc) is 3.21. The van der Waals surface area contributed by atoms with Crippen molar-refractivity contribution in [1.29, 1.82) is 0 Å². The van der Waals surface area contributed by atoms with Gasteiger partial charge in [0.15, 0.2) is 5.17 Å². The van der Waals surface area contributed by atoms with Crippen LogP contribution in [0.3, 0.4) is 0 Å². The van der Waals surface area contributed by atoms with Crippen LogP contribution in [0, 0.1) is 6.92 Å². The molecule has 1 aromatic heterocycles. The number of benzene rings is 1. The zero-order chi connectivity index (χ0) is 17.6. The van der Waals surface area contributed by atoms with Crippen LogP contribution in [0.5, 0.6) is 0 Å². The number of hydrogen-bond acceptors (Lipinski definition) is 5. The van der Waals surface area contributed by atoms with Crippen molar-refractivity contribution in [3.63, 3.8) is 0 Å². The quantitative estimate of drug-likeness (QED) is 0.546. The van der Waals surface area contributed by atoms with Gasteiger partial charge in [0.05, 0.1) is 18.0 Å². The maximum Gasteiger partial charge on any atom is 0.242 e. The summed E-state index contributed by atoms with van der Waals surface area (Å²) >= 11 is 3.14. The molecule has 4 nitrogen and oxygen atoms in total. The van der Waals surface area contributed by atoms with Crippen molar-refractivity contribution in [2.45, 2.75) is 38.5 Å². The van der Waals surface area contributed by atoms with Crippen molar-refractivity contribution < 1.29 is 4.79 Å². The van der Waals surface area contributed by atoms with Crippen LogP contribution < -0.4 is 0 Å². The summed E-state index contributed by atoms with van der Waals surface area (Å²) in [4.78, 5) is 15.6. The van der Waals surface area contributed by atoms with Crippen LogP contribution >= 0.6 is 23.1 Å². The van der Waals surface area contributed by atoms with Crippen molar-refractivity contribution in [2.75, 3.05) is 0 Å². The Bertz CT molecular complexity index is 784. The van der Waals surface area contributed by atoms with Crippen molar-refractivity contribution >= 4 is 40.4 Å². The summed E-state index contributed by atoms with van der Waals surface area (Å²) in [5.74, 6) is 0.139. The van der Waals surface area contributed by atoms with E-state index in [1.165, 1.54) is 17.3 Å². The van der Waals surface area contributed by atoms with E-state index in [0.717, 1.165) is 23.3 Å².